The number of allylic oxidation sites excluding steroid dienone is 1. The Hall–Kier alpha value is -2.69. The molecule has 0 aliphatic heterocycles. The van der Waals surface area contributed by atoms with Crippen molar-refractivity contribution < 1.29 is 0 Å². The smallest absolute Gasteiger partial charge is 0.264 e. The lowest BCUT2D eigenvalue weighted by Crippen LogP contribution is -2.19. The second kappa shape index (κ2) is 5.01. The van der Waals surface area contributed by atoms with Crippen LogP contribution in [0.2, 0.25) is 0 Å². The van der Waals surface area contributed by atoms with E-state index in [2.05, 4.69) is 29.7 Å². The van der Waals surface area contributed by atoms with Crippen molar-refractivity contribution in [2.24, 2.45) is 0 Å². The van der Waals surface area contributed by atoms with E-state index in [9.17, 15) is 4.79 Å². The first-order chi connectivity index (χ1) is 10.1. The van der Waals surface area contributed by atoms with E-state index in [0.717, 1.165) is 11.3 Å². The summed E-state index contributed by atoms with van der Waals surface area (Å²) in [5.41, 5.74) is 3.72. The van der Waals surface area contributed by atoms with Crippen LogP contribution in [0.15, 0.2) is 48.2 Å². The molecular formula is C16H16N4O. The molecule has 0 saturated heterocycles. The summed E-state index contributed by atoms with van der Waals surface area (Å²) >= 11 is 0. The molecule has 0 saturated carbocycles. The molecule has 0 atom stereocenters. The van der Waals surface area contributed by atoms with Crippen molar-refractivity contribution in [2.75, 3.05) is 0 Å². The van der Waals surface area contributed by atoms with Crippen LogP contribution in [0.5, 0.6) is 0 Å². The topological polar surface area (TPSA) is 52.7 Å². The number of aryl methyl sites for hydroxylation is 1. The van der Waals surface area contributed by atoms with Crippen molar-refractivity contribution in [1.82, 2.24) is 19.3 Å². The standard InChI is InChI=1S/C16H16N4O/c1-4-8-19-10-17-15-13(16(19)21)9-18-20(15)14-7-5-6-11(2)12(14)3/h4-7,9-10H,1,8H2,2-3H3. The Bertz CT molecular complexity index is 889. The molecule has 1 aromatic carbocycles. The molecule has 0 spiro atoms. The van der Waals surface area contributed by atoms with E-state index in [0.29, 0.717) is 17.6 Å². The van der Waals surface area contributed by atoms with E-state index in [1.807, 2.05) is 19.1 Å². The quantitative estimate of drug-likeness (QED) is 0.692. The van der Waals surface area contributed by atoms with Crippen molar-refractivity contribution in [3.8, 4) is 5.69 Å². The average Bonchev–Trinajstić information content (AvgIpc) is 2.90. The first-order valence-corrected chi connectivity index (χ1v) is 6.74. The Kier molecular flexibility index (Phi) is 3.17. The van der Waals surface area contributed by atoms with Gasteiger partial charge in [0.2, 0.25) is 0 Å². The summed E-state index contributed by atoms with van der Waals surface area (Å²) in [5.74, 6) is 0. The highest BCUT2D eigenvalue weighted by molar-refractivity contribution is 5.75. The molecule has 5 heteroatoms. The van der Waals surface area contributed by atoms with Crippen molar-refractivity contribution in [2.45, 2.75) is 20.4 Å². The van der Waals surface area contributed by atoms with Gasteiger partial charge in [0.15, 0.2) is 5.65 Å². The third kappa shape index (κ3) is 2.07. The highest BCUT2D eigenvalue weighted by atomic mass is 16.1. The van der Waals surface area contributed by atoms with E-state index in [1.54, 1.807) is 17.0 Å². The van der Waals surface area contributed by atoms with Gasteiger partial charge in [-0.3, -0.25) is 9.36 Å². The number of rotatable bonds is 3. The highest BCUT2D eigenvalue weighted by Gasteiger charge is 2.12. The zero-order chi connectivity index (χ0) is 15.0. The van der Waals surface area contributed by atoms with Crippen LogP contribution in [0.3, 0.4) is 0 Å². The van der Waals surface area contributed by atoms with Crippen LogP contribution in [0, 0.1) is 13.8 Å². The van der Waals surface area contributed by atoms with Crippen LogP contribution in [-0.4, -0.2) is 19.3 Å². The Morgan fingerprint density at radius 1 is 1.33 bits per heavy atom. The third-order valence-corrected chi connectivity index (χ3v) is 3.68. The van der Waals surface area contributed by atoms with Crippen LogP contribution in [0.25, 0.3) is 16.7 Å². The van der Waals surface area contributed by atoms with E-state index >= 15 is 0 Å². The van der Waals surface area contributed by atoms with E-state index in [1.165, 1.54) is 16.5 Å². The van der Waals surface area contributed by atoms with Crippen molar-refractivity contribution in [3.05, 3.63) is 64.9 Å². The monoisotopic (exact) mass is 280 g/mol. The van der Waals surface area contributed by atoms with Gasteiger partial charge in [-0.1, -0.05) is 18.2 Å². The summed E-state index contributed by atoms with van der Waals surface area (Å²) in [6.07, 6.45) is 4.78. The number of aromatic nitrogens is 4. The van der Waals surface area contributed by atoms with Crippen LogP contribution in [0.4, 0.5) is 0 Å². The first kappa shape index (κ1) is 13.3. The molecule has 0 fully saturated rings. The molecule has 5 nitrogen and oxygen atoms in total. The fraction of sp³-hybridized carbons (Fsp3) is 0.188. The maximum absolute atomic E-state index is 12.3. The number of hydrogen-bond acceptors (Lipinski definition) is 3. The van der Waals surface area contributed by atoms with Gasteiger partial charge in [0.05, 0.1) is 11.9 Å². The largest absolute Gasteiger partial charge is 0.295 e. The Balaban J connectivity index is 2.26. The van der Waals surface area contributed by atoms with Gasteiger partial charge in [-0.15, -0.1) is 6.58 Å². The Morgan fingerprint density at radius 2 is 2.14 bits per heavy atom. The zero-order valence-electron chi connectivity index (χ0n) is 12.1. The minimum atomic E-state index is -0.101. The summed E-state index contributed by atoms with van der Waals surface area (Å²) in [6.45, 7) is 8.17. The molecule has 0 amide bonds. The van der Waals surface area contributed by atoms with Gasteiger partial charge < -0.3 is 0 Å². The summed E-state index contributed by atoms with van der Waals surface area (Å²) in [6, 6.07) is 6.00. The van der Waals surface area contributed by atoms with Gasteiger partial charge in [0.1, 0.15) is 11.7 Å². The summed E-state index contributed by atoms with van der Waals surface area (Å²) < 4.78 is 3.24. The molecule has 0 N–H and O–H groups in total. The molecule has 0 aliphatic carbocycles. The van der Waals surface area contributed by atoms with E-state index in [-0.39, 0.29) is 5.56 Å². The lowest BCUT2D eigenvalue weighted by Gasteiger charge is -2.09. The SMILES string of the molecule is C=CCn1cnc2c(cnn2-c2cccc(C)c2C)c1=O. The minimum absolute atomic E-state index is 0.101. The molecule has 2 heterocycles. The molecule has 3 rings (SSSR count). The van der Waals surface area contributed by atoms with Gasteiger partial charge in [0.25, 0.3) is 5.56 Å². The summed E-state index contributed by atoms with van der Waals surface area (Å²) in [7, 11) is 0. The molecule has 21 heavy (non-hydrogen) atoms. The predicted octanol–water partition coefficient (Wildman–Crippen LogP) is 2.39. The second-order valence-electron chi connectivity index (χ2n) is 5.00. The van der Waals surface area contributed by atoms with Crippen LogP contribution in [-0.2, 0) is 6.54 Å². The van der Waals surface area contributed by atoms with Crippen LogP contribution < -0.4 is 5.56 Å². The number of benzene rings is 1. The number of fused-ring (bicyclic) bond motifs is 1. The van der Waals surface area contributed by atoms with Gasteiger partial charge in [-0.2, -0.15) is 5.10 Å². The van der Waals surface area contributed by atoms with Crippen molar-refractivity contribution >= 4 is 11.0 Å². The Labute approximate surface area is 122 Å². The molecule has 0 bridgehead atoms. The van der Waals surface area contributed by atoms with Crippen LogP contribution >= 0.6 is 0 Å². The molecule has 106 valence electrons. The van der Waals surface area contributed by atoms with Crippen LogP contribution in [0.1, 0.15) is 11.1 Å². The summed E-state index contributed by atoms with van der Waals surface area (Å²) in [4.78, 5) is 16.7. The highest BCUT2D eigenvalue weighted by Crippen LogP contribution is 2.19. The molecule has 0 unspecified atom stereocenters. The van der Waals surface area contributed by atoms with Crippen molar-refractivity contribution in [1.29, 1.82) is 0 Å². The normalized spacial score (nSPS) is 11.0. The minimum Gasteiger partial charge on any atom is -0.295 e. The van der Waals surface area contributed by atoms with Gasteiger partial charge in [-0.05, 0) is 31.0 Å². The molecule has 2 aromatic heterocycles. The molecule has 0 aliphatic rings. The Morgan fingerprint density at radius 3 is 2.90 bits per heavy atom. The van der Waals surface area contributed by atoms with Gasteiger partial charge in [-0.25, -0.2) is 9.67 Å². The molecule has 3 aromatic rings. The van der Waals surface area contributed by atoms with Gasteiger partial charge in [0, 0.05) is 6.54 Å². The fourth-order valence-corrected chi connectivity index (χ4v) is 2.36. The molecule has 0 radical (unpaired) electrons. The van der Waals surface area contributed by atoms with E-state index in [4.69, 9.17) is 0 Å². The zero-order valence-corrected chi connectivity index (χ0v) is 12.1. The number of nitrogens with zero attached hydrogens (tertiary/aromatic N) is 4. The second-order valence-corrected chi connectivity index (χ2v) is 5.00. The third-order valence-electron chi connectivity index (χ3n) is 3.68. The van der Waals surface area contributed by atoms with E-state index < -0.39 is 0 Å². The lowest BCUT2D eigenvalue weighted by molar-refractivity contribution is 0.764. The maximum Gasteiger partial charge on any atom is 0.264 e. The fourth-order valence-electron chi connectivity index (χ4n) is 2.36. The molecular weight excluding hydrogens is 264 g/mol. The summed E-state index contributed by atoms with van der Waals surface area (Å²) in [5, 5.41) is 4.86. The number of hydrogen-bond donors (Lipinski definition) is 0. The lowest BCUT2D eigenvalue weighted by atomic mass is 10.1. The van der Waals surface area contributed by atoms with Crippen molar-refractivity contribution in [3.63, 3.8) is 0 Å². The maximum atomic E-state index is 12.3. The predicted molar refractivity (Wildman–Crippen MR) is 82.8 cm³/mol. The first-order valence-electron chi connectivity index (χ1n) is 6.74. The van der Waals surface area contributed by atoms with Gasteiger partial charge >= 0.3 is 0 Å². The average molecular weight is 280 g/mol.